The minimum Gasteiger partial charge on any atom is -0.310 e. The summed E-state index contributed by atoms with van der Waals surface area (Å²) < 4.78 is 13.9. The van der Waals surface area contributed by atoms with E-state index in [1.165, 1.54) is 17.4 Å². The molecule has 0 amide bonds. The minimum absolute atomic E-state index is 0.329. The Morgan fingerprint density at radius 2 is 2.16 bits per heavy atom. The topological polar surface area (TPSA) is 24.9 Å². The van der Waals surface area contributed by atoms with Gasteiger partial charge in [-0.2, -0.15) is 0 Å². The molecule has 0 radical (unpaired) electrons. The normalized spacial score (nSPS) is 11.3. The SMILES string of the molecule is Cc1nc(-c2c(F)cccc2Cl)sc1CNC(C)C. The van der Waals surface area contributed by atoms with E-state index in [2.05, 4.69) is 24.1 Å². The van der Waals surface area contributed by atoms with Crippen molar-refractivity contribution in [3.63, 3.8) is 0 Å². The average Bonchev–Trinajstić information content (AvgIpc) is 2.67. The molecule has 19 heavy (non-hydrogen) atoms. The molecule has 2 rings (SSSR count). The third-order valence-corrected chi connectivity index (χ3v) is 4.23. The standard InChI is InChI=1S/C14H16ClFN2S/c1-8(2)17-7-12-9(3)18-14(19-12)13-10(15)5-4-6-11(13)16/h4-6,8,17H,7H2,1-3H3. The van der Waals surface area contributed by atoms with Crippen molar-refractivity contribution in [1.29, 1.82) is 0 Å². The summed E-state index contributed by atoms with van der Waals surface area (Å²) in [6.45, 7) is 6.86. The molecule has 1 N–H and O–H groups in total. The van der Waals surface area contributed by atoms with Crippen molar-refractivity contribution in [3.8, 4) is 10.6 Å². The van der Waals surface area contributed by atoms with Gasteiger partial charge in [-0.1, -0.05) is 31.5 Å². The fourth-order valence-corrected chi connectivity index (χ4v) is 3.08. The molecule has 0 unspecified atom stereocenters. The highest BCUT2D eigenvalue weighted by Gasteiger charge is 2.15. The smallest absolute Gasteiger partial charge is 0.134 e. The lowest BCUT2D eigenvalue weighted by Crippen LogP contribution is -2.21. The lowest BCUT2D eigenvalue weighted by atomic mass is 10.2. The minimum atomic E-state index is -0.329. The summed E-state index contributed by atoms with van der Waals surface area (Å²) in [5.74, 6) is -0.329. The first-order valence-electron chi connectivity index (χ1n) is 6.13. The zero-order valence-electron chi connectivity index (χ0n) is 11.1. The highest BCUT2D eigenvalue weighted by Crippen LogP contribution is 2.34. The van der Waals surface area contributed by atoms with E-state index in [1.807, 2.05) is 6.92 Å². The Hall–Kier alpha value is -0.970. The summed E-state index contributed by atoms with van der Waals surface area (Å²) in [5, 5.41) is 4.38. The molecule has 1 heterocycles. The van der Waals surface area contributed by atoms with Crippen molar-refractivity contribution >= 4 is 22.9 Å². The van der Waals surface area contributed by atoms with Crippen LogP contribution in [0.2, 0.25) is 5.02 Å². The summed E-state index contributed by atoms with van der Waals surface area (Å²) in [6.07, 6.45) is 0. The van der Waals surface area contributed by atoms with Crippen molar-refractivity contribution in [2.45, 2.75) is 33.4 Å². The molecule has 0 saturated carbocycles. The maximum Gasteiger partial charge on any atom is 0.134 e. The number of nitrogens with zero attached hydrogens (tertiary/aromatic N) is 1. The van der Waals surface area contributed by atoms with Gasteiger partial charge >= 0.3 is 0 Å². The van der Waals surface area contributed by atoms with Gasteiger partial charge in [-0.25, -0.2) is 9.37 Å². The van der Waals surface area contributed by atoms with Gasteiger partial charge in [0.1, 0.15) is 10.8 Å². The van der Waals surface area contributed by atoms with Crippen LogP contribution in [0.3, 0.4) is 0 Å². The zero-order valence-corrected chi connectivity index (χ0v) is 12.7. The van der Waals surface area contributed by atoms with Crippen LogP contribution in [0.1, 0.15) is 24.4 Å². The van der Waals surface area contributed by atoms with Crippen LogP contribution in [0.4, 0.5) is 4.39 Å². The predicted octanol–water partition coefficient (Wildman–Crippen LogP) is 4.41. The molecule has 5 heteroatoms. The Labute approximate surface area is 121 Å². The van der Waals surface area contributed by atoms with E-state index in [-0.39, 0.29) is 5.82 Å². The fraction of sp³-hybridized carbons (Fsp3) is 0.357. The number of aromatic nitrogens is 1. The van der Waals surface area contributed by atoms with Gasteiger partial charge in [-0.05, 0) is 19.1 Å². The third kappa shape index (κ3) is 3.32. The number of benzene rings is 1. The van der Waals surface area contributed by atoms with Crippen LogP contribution in [0.5, 0.6) is 0 Å². The molecule has 102 valence electrons. The molecule has 1 aromatic carbocycles. The van der Waals surface area contributed by atoms with Crippen LogP contribution in [0, 0.1) is 12.7 Å². The first-order chi connectivity index (χ1) is 8.99. The molecule has 0 atom stereocenters. The predicted molar refractivity (Wildman–Crippen MR) is 79.2 cm³/mol. The molecule has 0 aliphatic heterocycles. The van der Waals surface area contributed by atoms with E-state index in [0.29, 0.717) is 21.6 Å². The van der Waals surface area contributed by atoms with Crippen LogP contribution >= 0.6 is 22.9 Å². The van der Waals surface area contributed by atoms with Crippen LogP contribution in [0.25, 0.3) is 10.6 Å². The summed E-state index contributed by atoms with van der Waals surface area (Å²) in [7, 11) is 0. The Bertz CT molecular complexity index is 561. The second-order valence-electron chi connectivity index (χ2n) is 4.66. The zero-order chi connectivity index (χ0) is 14.0. The average molecular weight is 299 g/mol. The molecule has 0 saturated heterocycles. The maximum absolute atomic E-state index is 13.9. The van der Waals surface area contributed by atoms with E-state index >= 15 is 0 Å². The molecule has 0 aliphatic carbocycles. The van der Waals surface area contributed by atoms with E-state index in [0.717, 1.165) is 17.1 Å². The monoisotopic (exact) mass is 298 g/mol. The number of nitrogens with one attached hydrogen (secondary N) is 1. The molecule has 2 nitrogen and oxygen atoms in total. The number of halogens is 2. The van der Waals surface area contributed by atoms with Crippen LogP contribution in [-0.4, -0.2) is 11.0 Å². The van der Waals surface area contributed by atoms with Gasteiger partial charge in [-0.3, -0.25) is 0 Å². The third-order valence-electron chi connectivity index (χ3n) is 2.74. The lowest BCUT2D eigenvalue weighted by molar-refractivity contribution is 0.591. The Morgan fingerprint density at radius 3 is 2.79 bits per heavy atom. The maximum atomic E-state index is 13.9. The van der Waals surface area contributed by atoms with Gasteiger partial charge < -0.3 is 5.32 Å². The summed E-state index contributed by atoms with van der Waals surface area (Å²) in [5.41, 5.74) is 1.32. The largest absolute Gasteiger partial charge is 0.310 e. The molecule has 0 spiro atoms. The van der Waals surface area contributed by atoms with E-state index < -0.39 is 0 Å². The van der Waals surface area contributed by atoms with Gasteiger partial charge in [-0.15, -0.1) is 11.3 Å². The van der Waals surface area contributed by atoms with E-state index in [1.54, 1.807) is 12.1 Å². The van der Waals surface area contributed by atoms with Crippen LogP contribution < -0.4 is 5.32 Å². The number of hydrogen-bond acceptors (Lipinski definition) is 3. The van der Waals surface area contributed by atoms with Crippen molar-refractivity contribution in [2.75, 3.05) is 0 Å². The van der Waals surface area contributed by atoms with Gasteiger partial charge in [0.25, 0.3) is 0 Å². The lowest BCUT2D eigenvalue weighted by Gasteiger charge is -2.05. The van der Waals surface area contributed by atoms with Crippen molar-refractivity contribution in [1.82, 2.24) is 10.3 Å². The molecule has 0 bridgehead atoms. The Morgan fingerprint density at radius 1 is 1.42 bits per heavy atom. The van der Waals surface area contributed by atoms with Crippen molar-refractivity contribution in [3.05, 3.63) is 39.6 Å². The second-order valence-corrected chi connectivity index (χ2v) is 6.15. The van der Waals surface area contributed by atoms with Gasteiger partial charge in [0.2, 0.25) is 0 Å². The highest BCUT2D eigenvalue weighted by molar-refractivity contribution is 7.15. The second kappa shape index (κ2) is 5.99. The fourth-order valence-electron chi connectivity index (χ4n) is 1.70. The number of rotatable bonds is 4. The summed E-state index contributed by atoms with van der Waals surface area (Å²) in [4.78, 5) is 5.55. The van der Waals surface area contributed by atoms with E-state index in [4.69, 9.17) is 11.6 Å². The van der Waals surface area contributed by atoms with Gasteiger partial charge in [0.15, 0.2) is 0 Å². The first kappa shape index (κ1) is 14.4. The highest BCUT2D eigenvalue weighted by atomic mass is 35.5. The Kier molecular flexibility index (Phi) is 4.55. The number of thiazole rings is 1. The number of aryl methyl sites for hydroxylation is 1. The summed E-state index contributed by atoms with van der Waals surface area (Å²) in [6, 6.07) is 5.09. The molecular formula is C14H16ClFN2S. The molecule has 0 fully saturated rings. The van der Waals surface area contributed by atoms with Crippen LogP contribution in [0.15, 0.2) is 18.2 Å². The van der Waals surface area contributed by atoms with Gasteiger partial charge in [0.05, 0.1) is 16.3 Å². The molecule has 1 aromatic heterocycles. The quantitative estimate of drug-likeness (QED) is 0.904. The van der Waals surface area contributed by atoms with E-state index in [9.17, 15) is 4.39 Å². The van der Waals surface area contributed by atoms with Gasteiger partial charge in [0, 0.05) is 17.5 Å². The molecule has 0 aliphatic rings. The molecular weight excluding hydrogens is 283 g/mol. The van der Waals surface area contributed by atoms with Crippen LogP contribution in [-0.2, 0) is 6.54 Å². The van der Waals surface area contributed by atoms with Crippen molar-refractivity contribution in [2.24, 2.45) is 0 Å². The van der Waals surface area contributed by atoms with Crippen molar-refractivity contribution < 1.29 is 4.39 Å². The number of hydrogen-bond donors (Lipinski definition) is 1. The summed E-state index contributed by atoms with van der Waals surface area (Å²) >= 11 is 7.55. The Balaban J connectivity index is 2.34. The first-order valence-corrected chi connectivity index (χ1v) is 7.32. The molecule has 2 aromatic rings.